The number of ether oxygens (including phenoxy) is 1. The van der Waals surface area contributed by atoms with Crippen LogP contribution in [-0.2, 0) is 4.79 Å². The number of para-hydroxylation sites is 1. The van der Waals surface area contributed by atoms with Gasteiger partial charge in [-0.2, -0.15) is 0 Å². The molecule has 0 radical (unpaired) electrons. The summed E-state index contributed by atoms with van der Waals surface area (Å²) < 4.78 is 5.10. The molecule has 1 aromatic carbocycles. The Hall–Kier alpha value is -1.87. The van der Waals surface area contributed by atoms with Crippen molar-refractivity contribution in [1.29, 1.82) is 0 Å². The predicted octanol–water partition coefficient (Wildman–Crippen LogP) is 1.92. The average molecular weight is 217 g/mol. The number of hydrogen-bond acceptors (Lipinski definition) is 3. The van der Waals surface area contributed by atoms with Gasteiger partial charge in [0.25, 0.3) is 0 Å². The van der Waals surface area contributed by atoms with Crippen molar-refractivity contribution in [3.63, 3.8) is 0 Å². The summed E-state index contributed by atoms with van der Waals surface area (Å²) in [5.41, 5.74) is 0.394. The minimum Gasteiger partial charge on any atom is -0.423 e. The first-order valence-electron chi connectivity index (χ1n) is 5.00. The van der Waals surface area contributed by atoms with E-state index in [2.05, 4.69) is 18.5 Å². The van der Waals surface area contributed by atoms with Crippen molar-refractivity contribution < 1.29 is 9.53 Å². The van der Waals surface area contributed by atoms with Gasteiger partial charge >= 0.3 is 5.97 Å². The van der Waals surface area contributed by atoms with Gasteiger partial charge in [0.1, 0.15) is 5.75 Å². The van der Waals surface area contributed by atoms with E-state index in [4.69, 9.17) is 4.74 Å². The van der Waals surface area contributed by atoms with Crippen LogP contribution in [0.15, 0.2) is 55.1 Å². The Labute approximate surface area is 95.4 Å². The summed E-state index contributed by atoms with van der Waals surface area (Å²) in [6.45, 7) is 8.25. The van der Waals surface area contributed by atoms with Crippen LogP contribution in [0.4, 0.5) is 0 Å². The van der Waals surface area contributed by atoms with Gasteiger partial charge in [0.2, 0.25) is 0 Å². The largest absolute Gasteiger partial charge is 0.423 e. The molecule has 0 fully saturated rings. The van der Waals surface area contributed by atoms with Crippen molar-refractivity contribution in [3.05, 3.63) is 55.1 Å². The highest BCUT2D eigenvalue weighted by atomic mass is 16.5. The van der Waals surface area contributed by atoms with Crippen LogP contribution >= 0.6 is 0 Å². The number of esters is 1. The Morgan fingerprint density at radius 2 is 2.06 bits per heavy atom. The van der Waals surface area contributed by atoms with Gasteiger partial charge in [0, 0.05) is 18.7 Å². The molecule has 0 atom stereocenters. The lowest BCUT2D eigenvalue weighted by atomic mass is 10.3. The lowest BCUT2D eigenvalue weighted by Gasteiger charge is -2.06. The first-order valence-corrected chi connectivity index (χ1v) is 5.00. The Morgan fingerprint density at radius 3 is 2.69 bits per heavy atom. The smallest absolute Gasteiger partial charge is 0.340 e. The van der Waals surface area contributed by atoms with Gasteiger partial charge < -0.3 is 10.1 Å². The molecule has 3 heteroatoms. The number of carbonyl (C=O) groups excluding carboxylic acids is 1. The average Bonchev–Trinajstić information content (AvgIpc) is 2.30. The molecular weight excluding hydrogens is 202 g/mol. The molecule has 84 valence electrons. The Morgan fingerprint density at radius 1 is 1.38 bits per heavy atom. The van der Waals surface area contributed by atoms with Crippen LogP contribution in [0, 0.1) is 0 Å². The van der Waals surface area contributed by atoms with E-state index in [1.54, 1.807) is 30.3 Å². The Kier molecular flexibility index (Phi) is 5.02. The lowest BCUT2D eigenvalue weighted by Crippen LogP contribution is -2.23. The molecule has 0 spiro atoms. The summed E-state index contributed by atoms with van der Waals surface area (Å²) in [6, 6.07) is 8.92. The van der Waals surface area contributed by atoms with Crippen LogP contribution in [0.3, 0.4) is 0 Å². The van der Waals surface area contributed by atoms with Gasteiger partial charge in [-0.1, -0.05) is 30.9 Å². The molecular formula is C13H15NO2. The molecule has 0 unspecified atom stereocenters. The summed E-state index contributed by atoms with van der Waals surface area (Å²) in [5.74, 6) is 0.111. The third kappa shape index (κ3) is 4.11. The van der Waals surface area contributed by atoms with Crippen molar-refractivity contribution in [3.8, 4) is 5.75 Å². The molecule has 0 amide bonds. The summed E-state index contributed by atoms with van der Waals surface area (Å²) >= 11 is 0. The molecule has 1 aromatic rings. The van der Waals surface area contributed by atoms with Crippen LogP contribution < -0.4 is 10.1 Å². The maximum atomic E-state index is 11.5. The summed E-state index contributed by atoms with van der Waals surface area (Å²) in [7, 11) is 0. The quantitative estimate of drug-likeness (QED) is 0.260. The minimum atomic E-state index is -0.414. The summed E-state index contributed by atoms with van der Waals surface area (Å²) in [5, 5.41) is 2.98. The third-order valence-electron chi connectivity index (χ3n) is 1.87. The normalized spacial score (nSPS) is 9.50. The van der Waals surface area contributed by atoms with Gasteiger partial charge in [-0.15, -0.1) is 6.58 Å². The zero-order chi connectivity index (χ0) is 11.8. The van der Waals surface area contributed by atoms with E-state index >= 15 is 0 Å². The van der Waals surface area contributed by atoms with Crippen molar-refractivity contribution in [2.45, 2.75) is 0 Å². The molecule has 0 saturated carbocycles. The lowest BCUT2D eigenvalue weighted by molar-refractivity contribution is -0.130. The second-order valence-electron chi connectivity index (χ2n) is 3.23. The molecule has 0 aromatic heterocycles. The van der Waals surface area contributed by atoms with Gasteiger partial charge in [0.05, 0.1) is 0 Å². The number of rotatable bonds is 6. The molecule has 0 heterocycles. The maximum absolute atomic E-state index is 11.5. The van der Waals surface area contributed by atoms with Crippen molar-refractivity contribution >= 4 is 5.97 Å². The van der Waals surface area contributed by atoms with Gasteiger partial charge in [0.15, 0.2) is 0 Å². The highest BCUT2D eigenvalue weighted by Crippen LogP contribution is 2.09. The molecule has 0 bridgehead atoms. The van der Waals surface area contributed by atoms with Crippen LogP contribution in [-0.4, -0.2) is 19.1 Å². The molecule has 1 rings (SSSR count). The van der Waals surface area contributed by atoms with Crippen LogP contribution in [0.5, 0.6) is 5.75 Å². The number of hydrogen-bond donors (Lipinski definition) is 1. The molecule has 0 aliphatic rings. The van der Waals surface area contributed by atoms with E-state index in [0.717, 1.165) is 0 Å². The van der Waals surface area contributed by atoms with Crippen molar-refractivity contribution in [1.82, 2.24) is 5.32 Å². The van der Waals surface area contributed by atoms with E-state index < -0.39 is 5.97 Å². The van der Waals surface area contributed by atoms with E-state index in [1.165, 1.54) is 0 Å². The number of benzene rings is 1. The second kappa shape index (κ2) is 6.58. The third-order valence-corrected chi connectivity index (χ3v) is 1.87. The van der Waals surface area contributed by atoms with E-state index in [9.17, 15) is 4.79 Å². The minimum absolute atomic E-state index is 0.394. The number of nitrogens with one attached hydrogen (secondary N) is 1. The Bertz CT molecular complexity index is 371. The van der Waals surface area contributed by atoms with E-state index in [1.807, 2.05) is 6.07 Å². The highest BCUT2D eigenvalue weighted by molar-refractivity contribution is 5.89. The Balaban J connectivity index is 2.40. The fourth-order valence-corrected chi connectivity index (χ4v) is 1.07. The first-order chi connectivity index (χ1) is 7.74. The van der Waals surface area contributed by atoms with Crippen molar-refractivity contribution in [2.24, 2.45) is 0 Å². The van der Waals surface area contributed by atoms with E-state index in [-0.39, 0.29) is 0 Å². The summed E-state index contributed by atoms with van der Waals surface area (Å²) in [6.07, 6.45) is 1.72. The summed E-state index contributed by atoms with van der Waals surface area (Å²) in [4.78, 5) is 11.5. The standard InChI is InChI=1S/C13H15NO2/c1-3-9-14-10-11(2)13(15)16-12-7-5-4-6-8-12/h3-8,14H,1-2,9-10H2. The number of carbonyl (C=O) groups is 1. The predicted molar refractivity (Wildman–Crippen MR) is 64.3 cm³/mol. The molecule has 0 aliphatic heterocycles. The second-order valence-corrected chi connectivity index (χ2v) is 3.23. The van der Waals surface area contributed by atoms with Crippen LogP contribution in [0.1, 0.15) is 0 Å². The maximum Gasteiger partial charge on any atom is 0.340 e. The van der Waals surface area contributed by atoms with Crippen LogP contribution in [0.2, 0.25) is 0 Å². The van der Waals surface area contributed by atoms with Gasteiger partial charge in [-0.25, -0.2) is 4.79 Å². The van der Waals surface area contributed by atoms with Crippen molar-refractivity contribution in [2.75, 3.05) is 13.1 Å². The first kappa shape index (κ1) is 12.2. The molecule has 0 aliphatic carbocycles. The fraction of sp³-hybridized carbons (Fsp3) is 0.154. The molecule has 3 nitrogen and oxygen atoms in total. The monoisotopic (exact) mass is 217 g/mol. The molecule has 16 heavy (non-hydrogen) atoms. The topological polar surface area (TPSA) is 38.3 Å². The van der Waals surface area contributed by atoms with E-state index in [0.29, 0.717) is 24.4 Å². The zero-order valence-corrected chi connectivity index (χ0v) is 9.11. The molecule has 1 N–H and O–H groups in total. The SMILES string of the molecule is C=CCNCC(=C)C(=O)Oc1ccccc1. The van der Waals surface area contributed by atoms with Crippen LogP contribution in [0.25, 0.3) is 0 Å². The van der Waals surface area contributed by atoms with Gasteiger partial charge in [-0.3, -0.25) is 0 Å². The molecule has 0 saturated heterocycles. The zero-order valence-electron chi connectivity index (χ0n) is 9.11. The fourth-order valence-electron chi connectivity index (χ4n) is 1.07. The highest BCUT2D eigenvalue weighted by Gasteiger charge is 2.08. The van der Waals surface area contributed by atoms with Gasteiger partial charge in [-0.05, 0) is 12.1 Å².